The zero-order valence-electron chi connectivity index (χ0n) is 18.2. The Labute approximate surface area is 196 Å². The maximum absolute atomic E-state index is 12.7. The third-order valence-corrected chi connectivity index (χ3v) is 5.00. The third-order valence-electron chi connectivity index (χ3n) is 4.68. The predicted octanol–water partition coefficient (Wildman–Crippen LogP) is 3.05. The number of methoxy groups -OCH3 is 1. The summed E-state index contributed by atoms with van der Waals surface area (Å²) in [6, 6.07) is 12.2. The summed E-state index contributed by atoms with van der Waals surface area (Å²) in [5.74, 6) is -0.000137. The minimum atomic E-state index is -0.557. The van der Waals surface area contributed by atoms with Gasteiger partial charge in [0, 0.05) is 24.7 Å². The monoisotopic (exact) mass is 465 g/mol. The van der Waals surface area contributed by atoms with Gasteiger partial charge in [-0.05, 0) is 60.3 Å². The molecule has 1 aliphatic heterocycles. The van der Waals surface area contributed by atoms with Gasteiger partial charge in [-0.25, -0.2) is 0 Å². The Balaban J connectivity index is 1.81. The minimum absolute atomic E-state index is 0.0314. The maximum Gasteiger partial charge on any atom is 0.265 e. The molecule has 1 saturated heterocycles. The van der Waals surface area contributed by atoms with Gasteiger partial charge in [-0.15, -0.1) is 6.58 Å². The number of amides is 3. The Morgan fingerprint density at radius 3 is 2.58 bits per heavy atom. The van der Waals surface area contributed by atoms with E-state index in [1.165, 1.54) is 24.0 Å². The molecule has 0 aromatic heterocycles. The number of carbonyl (C=O) groups excluding carboxylic acids is 3. The van der Waals surface area contributed by atoms with Crippen molar-refractivity contribution < 1.29 is 23.9 Å². The first-order valence-electron chi connectivity index (χ1n) is 9.99. The second-order valence-electron chi connectivity index (χ2n) is 7.09. The lowest BCUT2D eigenvalue weighted by atomic mass is 10.0. The normalized spacial score (nSPS) is 14.7. The summed E-state index contributed by atoms with van der Waals surface area (Å²) in [6.45, 7) is 5.43. The van der Waals surface area contributed by atoms with Crippen molar-refractivity contribution in [2.45, 2.75) is 13.5 Å². The van der Waals surface area contributed by atoms with Crippen LogP contribution in [0.25, 0.3) is 6.08 Å². The highest BCUT2D eigenvalue weighted by molar-refractivity contribution is 7.80. The van der Waals surface area contributed by atoms with E-state index in [4.69, 9.17) is 21.7 Å². The Morgan fingerprint density at radius 1 is 1.21 bits per heavy atom. The van der Waals surface area contributed by atoms with E-state index in [1.807, 2.05) is 0 Å². The highest BCUT2D eigenvalue weighted by atomic mass is 32.1. The van der Waals surface area contributed by atoms with Crippen molar-refractivity contribution in [2.75, 3.05) is 19.0 Å². The number of hydrogen-bond donors (Lipinski definition) is 2. The van der Waals surface area contributed by atoms with Crippen LogP contribution in [0.2, 0.25) is 0 Å². The molecule has 8 nitrogen and oxygen atoms in total. The molecule has 1 aliphatic rings. The average molecular weight is 466 g/mol. The van der Waals surface area contributed by atoms with Crippen molar-refractivity contribution in [1.82, 2.24) is 10.2 Å². The Bertz CT molecular complexity index is 1140. The van der Waals surface area contributed by atoms with E-state index in [0.29, 0.717) is 22.7 Å². The molecule has 170 valence electrons. The summed E-state index contributed by atoms with van der Waals surface area (Å²) in [6.07, 6.45) is 3.03. The molecule has 0 unspecified atom stereocenters. The number of thiocarbonyl (C=S) groups is 1. The van der Waals surface area contributed by atoms with Gasteiger partial charge in [0.25, 0.3) is 11.8 Å². The molecule has 2 aromatic carbocycles. The molecular weight excluding hydrogens is 442 g/mol. The standard InChI is InChI=1S/C24H23N3O5S/c1-4-11-27-23(30)20(22(29)26-24(27)33)13-16-5-10-21(31-3)17(12-16)14-32-19-8-6-18(7-9-19)25-15(2)28/h4-10,12-13H,1,11,14H2,2-3H3,(H,25,28)(H,26,29,33). The van der Waals surface area contributed by atoms with E-state index in [1.54, 1.807) is 49.6 Å². The molecule has 0 saturated carbocycles. The number of ether oxygens (including phenoxy) is 2. The van der Waals surface area contributed by atoms with Crippen LogP contribution in [0.1, 0.15) is 18.1 Å². The van der Waals surface area contributed by atoms with Crippen LogP contribution in [0.4, 0.5) is 5.69 Å². The molecule has 0 aliphatic carbocycles. The summed E-state index contributed by atoms with van der Waals surface area (Å²) in [5.41, 5.74) is 1.98. The smallest absolute Gasteiger partial charge is 0.265 e. The second kappa shape index (κ2) is 10.6. The van der Waals surface area contributed by atoms with Crippen molar-refractivity contribution in [3.05, 3.63) is 71.8 Å². The van der Waals surface area contributed by atoms with E-state index in [9.17, 15) is 14.4 Å². The highest BCUT2D eigenvalue weighted by Gasteiger charge is 2.32. The summed E-state index contributed by atoms with van der Waals surface area (Å²) in [5, 5.41) is 5.27. The van der Waals surface area contributed by atoms with Crippen LogP contribution in [-0.4, -0.2) is 41.4 Å². The molecular formula is C24H23N3O5S. The molecule has 1 fully saturated rings. The first-order valence-corrected chi connectivity index (χ1v) is 10.4. The van der Waals surface area contributed by atoms with Crippen LogP contribution in [-0.2, 0) is 21.0 Å². The predicted molar refractivity (Wildman–Crippen MR) is 129 cm³/mol. The molecule has 2 aromatic rings. The first kappa shape index (κ1) is 23.7. The Kier molecular flexibility index (Phi) is 7.57. The van der Waals surface area contributed by atoms with Crippen molar-refractivity contribution in [1.29, 1.82) is 0 Å². The van der Waals surface area contributed by atoms with Crippen molar-refractivity contribution in [3.8, 4) is 11.5 Å². The van der Waals surface area contributed by atoms with E-state index in [2.05, 4.69) is 17.2 Å². The van der Waals surface area contributed by atoms with Gasteiger partial charge in [0.1, 0.15) is 23.7 Å². The molecule has 0 spiro atoms. The summed E-state index contributed by atoms with van der Waals surface area (Å²) in [7, 11) is 1.55. The van der Waals surface area contributed by atoms with Gasteiger partial charge in [0.05, 0.1) is 7.11 Å². The number of carbonyl (C=O) groups is 3. The SMILES string of the molecule is C=CCN1C(=O)C(=Cc2ccc(OC)c(COc3ccc(NC(C)=O)cc3)c2)C(=O)NC1=S. The maximum atomic E-state index is 12.7. The van der Waals surface area contributed by atoms with Gasteiger partial charge in [0.2, 0.25) is 5.91 Å². The molecule has 0 atom stereocenters. The van der Waals surface area contributed by atoms with Gasteiger partial charge in [0.15, 0.2) is 5.11 Å². The van der Waals surface area contributed by atoms with E-state index >= 15 is 0 Å². The zero-order valence-corrected chi connectivity index (χ0v) is 19.0. The number of rotatable bonds is 8. The van der Waals surface area contributed by atoms with Crippen LogP contribution >= 0.6 is 12.2 Å². The van der Waals surface area contributed by atoms with Gasteiger partial charge in [-0.2, -0.15) is 0 Å². The molecule has 3 rings (SSSR count). The Hall–Kier alpha value is -3.98. The van der Waals surface area contributed by atoms with Crippen molar-refractivity contribution >= 4 is 46.8 Å². The number of anilines is 1. The summed E-state index contributed by atoms with van der Waals surface area (Å²) < 4.78 is 11.3. The van der Waals surface area contributed by atoms with E-state index in [-0.39, 0.29) is 29.7 Å². The van der Waals surface area contributed by atoms with Crippen molar-refractivity contribution in [2.24, 2.45) is 0 Å². The fourth-order valence-electron chi connectivity index (χ4n) is 3.16. The molecule has 9 heteroatoms. The number of benzene rings is 2. The largest absolute Gasteiger partial charge is 0.496 e. The lowest BCUT2D eigenvalue weighted by Gasteiger charge is -2.27. The lowest BCUT2D eigenvalue weighted by molar-refractivity contribution is -0.128. The number of nitrogens with one attached hydrogen (secondary N) is 2. The summed E-state index contributed by atoms with van der Waals surface area (Å²) >= 11 is 5.07. The fourth-order valence-corrected chi connectivity index (χ4v) is 3.41. The minimum Gasteiger partial charge on any atom is -0.496 e. The van der Waals surface area contributed by atoms with Crippen LogP contribution in [0, 0.1) is 0 Å². The van der Waals surface area contributed by atoms with Crippen LogP contribution in [0.15, 0.2) is 60.7 Å². The van der Waals surface area contributed by atoms with E-state index < -0.39 is 11.8 Å². The van der Waals surface area contributed by atoms with Gasteiger partial charge in [-0.1, -0.05) is 12.1 Å². The molecule has 2 N–H and O–H groups in total. The zero-order chi connectivity index (χ0) is 24.0. The lowest BCUT2D eigenvalue weighted by Crippen LogP contribution is -2.53. The molecule has 1 heterocycles. The van der Waals surface area contributed by atoms with Gasteiger partial charge < -0.3 is 14.8 Å². The van der Waals surface area contributed by atoms with Gasteiger partial charge in [-0.3, -0.25) is 24.6 Å². The van der Waals surface area contributed by atoms with Crippen LogP contribution in [0.5, 0.6) is 11.5 Å². The number of nitrogens with zero attached hydrogens (tertiary/aromatic N) is 1. The topological polar surface area (TPSA) is 97.0 Å². The summed E-state index contributed by atoms with van der Waals surface area (Å²) in [4.78, 5) is 37.5. The molecule has 33 heavy (non-hydrogen) atoms. The Morgan fingerprint density at radius 2 is 1.94 bits per heavy atom. The molecule has 0 radical (unpaired) electrons. The van der Waals surface area contributed by atoms with Crippen LogP contribution in [0.3, 0.4) is 0 Å². The quantitative estimate of drug-likeness (QED) is 0.269. The van der Waals surface area contributed by atoms with E-state index in [0.717, 1.165) is 5.56 Å². The van der Waals surface area contributed by atoms with Crippen molar-refractivity contribution in [3.63, 3.8) is 0 Å². The second-order valence-corrected chi connectivity index (χ2v) is 7.47. The number of hydrogen-bond acceptors (Lipinski definition) is 6. The molecule has 3 amide bonds. The average Bonchev–Trinajstić information content (AvgIpc) is 2.78. The first-order chi connectivity index (χ1) is 15.8. The third kappa shape index (κ3) is 5.83. The molecule has 0 bridgehead atoms. The fraction of sp³-hybridized carbons (Fsp3) is 0.167. The van der Waals surface area contributed by atoms with Crippen LogP contribution < -0.4 is 20.1 Å². The highest BCUT2D eigenvalue weighted by Crippen LogP contribution is 2.25. The van der Waals surface area contributed by atoms with Gasteiger partial charge >= 0.3 is 0 Å².